The molecule has 0 aromatic heterocycles. The average Bonchev–Trinajstić information content (AvgIpc) is 3.04. The highest BCUT2D eigenvalue weighted by atomic mass is 35.5. The summed E-state index contributed by atoms with van der Waals surface area (Å²) < 4.78 is 11.4. The molecule has 1 aromatic rings. The van der Waals surface area contributed by atoms with E-state index < -0.39 is 0 Å². The van der Waals surface area contributed by atoms with Gasteiger partial charge in [0.2, 0.25) is 5.91 Å². The van der Waals surface area contributed by atoms with Gasteiger partial charge in [-0.25, -0.2) is 0 Å². The van der Waals surface area contributed by atoms with Crippen LogP contribution in [0.2, 0.25) is 0 Å². The zero-order valence-corrected chi connectivity index (χ0v) is 16.2. The van der Waals surface area contributed by atoms with Crippen LogP contribution in [0.4, 0.5) is 0 Å². The normalized spacial score (nSPS) is 20.8. The number of hydrogen-bond donors (Lipinski definition) is 2. The molecule has 0 radical (unpaired) electrons. The van der Waals surface area contributed by atoms with Crippen molar-refractivity contribution in [2.75, 3.05) is 13.2 Å². The number of ether oxygens (including phenoxy) is 2. The van der Waals surface area contributed by atoms with Gasteiger partial charge >= 0.3 is 0 Å². The summed E-state index contributed by atoms with van der Waals surface area (Å²) in [5.74, 6) is 1.44. The van der Waals surface area contributed by atoms with Crippen molar-refractivity contribution in [2.24, 2.45) is 11.7 Å². The van der Waals surface area contributed by atoms with Crippen LogP contribution in [0.15, 0.2) is 24.3 Å². The highest BCUT2D eigenvalue weighted by Gasteiger charge is 2.30. The van der Waals surface area contributed by atoms with E-state index in [1.54, 1.807) is 0 Å². The number of carbonyl (C=O) groups excluding carboxylic acids is 1. The predicted octanol–water partition coefficient (Wildman–Crippen LogP) is 3.22. The van der Waals surface area contributed by atoms with Crippen LogP contribution >= 0.6 is 12.4 Å². The van der Waals surface area contributed by atoms with Crippen molar-refractivity contribution in [3.8, 4) is 5.75 Å². The monoisotopic (exact) mass is 370 g/mol. The number of halogens is 1. The fourth-order valence-corrected chi connectivity index (χ4v) is 2.73. The summed E-state index contributed by atoms with van der Waals surface area (Å²) in [5.41, 5.74) is 6.63. The summed E-state index contributed by atoms with van der Waals surface area (Å²) in [5, 5.41) is 3.01. The minimum absolute atomic E-state index is 0. The zero-order chi connectivity index (χ0) is 17.5. The molecule has 1 amide bonds. The Morgan fingerprint density at radius 1 is 1.28 bits per heavy atom. The standard InChI is InChI=1S/C19H30N2O3.ClH/c1-13(2)10-11-23-16-6-4-15(5-7-16)14(3)21-19(22)18-9-8-17(12-20)24-18;/h4-7,13-14,17-18H,8-12,20H2,1-3H3,(H,21,22);1H/t14?,17-,18+;/m1./s1. The summed E-state index contributed by atoms with van der Waals surface area (Å²) in [4.78, 5) is 12.3. The first-order chi connectivity index (χ1) is 11.5. The minimum atomic E-state index is -0.375. The van der Waals surface area contributed by atoms with Gasteiger partial charge in [0.25, 0.3) is 0 Å². The van der Waals surface area contributed by atoms with E-state index in [2.05, 4.69) is 19.2 Å². The van der Waals surface area contributed by atoms with Crippen LogP contribution in [0.1, 0.15) is 51.6 Å². The van der Waals surface area contributed by atoms with Gasteiger partial charge in [-0.15, -0.1) is 12.4 Å². The van der Waals surface area contributed by atoms with Crippen LogP contribution in [-0.4, -0.2) is 31.3 Å². The zero-order valence-electron chi connectivity index (χ0n) is 15.4. The third kappa shape index (κ3) is 6.84. The Balaban J connectivity index is 0.00000312. The quantitative estimate of drug-likeness (QED) is 0.736. The van der Waals surface area contributed by atoms with E-state index in [1.807, 2.05) is 31.2 Å². The highest BCUT2D eigenvalue weighted by Crippen LogP contribution is 2.22. The number of rotatable bonds is 8. The van der Waals surface area contributed by atoms with Crippen molar-refractivity contribution in [3.63, 3.8) is 0 Å². The summed E-state index contributed by atoms with van der Waals surface area (Å²) in [6, 6.07) is 7.83. The van der Waals surface area contributed by atoms with Crippen molar-refractivity contribution in [1.82, 2.24) is 5.32 Å². The number of hydrogen-bond acceptors (Lipinski definition) is 4. The van der Waals surface area contributed by atoms with E-state index in [-0.39, 0.29) is 36.6 Å². The molecule has 1 aliphatic heterocycles. The van der Waals surface area contributed by atoms with Gasteiger partial charge in [-0.1, -0.05) is 26.0 Å². The fraction of sp³-hybridized carbons (Fsp3) is 0.632. The molecule has 5 nitrogen and oxygen atoms in total. The van der Waals surface area contributed by atoms with Gasteiger partial charge < -0.3 is 20.5 Å². The first-order valence-electron chi connectivity index (χ1n) is 8.88. The lowest BCUT2D eigenvalue weighted by molar-refractivity contribution is -0.132. The van der Waals surface area contributed by atoms with Crippen LogP contribution < -0.4 is 15.8 Å². The predicted molar refractivity (Wildman–Crippen MR) is 102 cm³/mol. The second-order valence-electron chi connectivity index (χ2n) is 6.89. The van der Waals surface area contributed by atoms with Crippen molar-refractivity contribution in [3.05, 3.63) is 29.8 Å². The van der Waals surface area contributed by atoms with E-state index in [9.17, 15) is 4.79 Å². The molecule has 1 heterocycles. The Hall–Kier alpha value is -1.30. The molecule has 0 aliphatic carbocycles. The first-order valence-corrected chi connectivity index (χ1v) is 8.88. The topological polar surface area (TPSA) is 73.6 Å². The average molecular weight is 371 g/mol. The molecular weight excluding hydrogens is 340 g/mol. The van der Waals surface area contributed by atoms with Crippen molar-refractivity contribution < 1.29 is 14.3 Å². The van der Waals surface area contributed by atoms with Gasteiger partial charge in [0.05, 0.1) is 18.8 Å². The molecule has 25 heavy (non-hydrogen) atoms. The first kappa shape index (κ1) is 21.7. The Kier molecular flexibility index (Phi) is 9.25. The molecule has 1 fully saturated rings. The molecule has 0 spiro atoms. The summed E-state index contributed by atoms with van der Waals surface area (Å²) >= 11 is 0. The largest absolute Gasteiger partial charge is 0.494 e. The summed E-state index contributed by atoms with van der Waals surface area (Å²) in [6.45, 7) is 7.53. The Bertz CT molecular complexity index is 522. The van der Waals surface area contributed by atoms with Gasteiger partial charge in [0.1, 0.15) is 11.9 Å². The molecule has 1 aliphatic rings. The third-order valence-corrected chi connectivity index (χ3v) is 4.37. The number of benzene rings is 1. The molecule has 2 rings (SSSR count). The lowest BCUT2D eigenvalue weighted by atomic mass is 10.1. The van der Waals surface area contributed by atoms with Gasteiger partial charge in [0.15, 0.2) is 0 Å². The van der Waals surface area contributed by atoms with Gasteiger partial charge in [-0.3, -0.25) is 4.79 Å². The third-order valence-electron chi connectivity index (χ3n) is 4.37. The molecule has 6 heteroatoms. The number of nitrogens with two attached hydrogens (primary N) is 1. The van der Waals surface area contributed by atoms with Crippen LogP contribution in [-0.2, 0) is 9.53 Å². The molecule has 0 saturated carbocycles. The molecule has 1 unspecified atom stereocenters. The van der Waals surface area contributed by atoms with E-state index in [1.165, 1.54) is 0 Å². The number of nitrogens with one attached hydrogen (secondary N) is 1. The van der Waals surface area contributed by atoms with Crippen LogP contribution in [0.25, 0.3) is 0 Å². The molecule has 3 N–H and O–H groups in total. The van der Waals surface area contributed by atoms with Crippen LogP contribution in [0.3, 0.4) is 0 Å². The van der Waals surface area contributed by atoms with Gasteiger partial charge in [0, 0.05) is 6.54 Å². The fourth-order valence-electron chi connectivity index (χ4n) is 2.73. The highest BCUT2D eigenvalue weighted by molar-refractivity contribution is 5.85. The Labute approximate surface area is 157 Å². The molecular formula is C19H31ClN2O3. The van der Waals surface area contributed by atoms with E-state index in [4.69, 9.17) is 15.2 Å². The van der Waals surface area contributed by atoms with Crippen LogP contribution in [0, 0.1) is 5.92 Å². The summed E-state index contributed by atoms with van der Waals surface area (Å²) in [6.07, 6.45) is 2.27. The summed E-state index contributed by atoms with van der Waals surface area (Å²) in [7, 11) is 0. The van der Waals surface area contributed by atoms with E-state index in [0.29, 0.717) is 12.5 Å². The maximum Gasteiger partial charge on any atom is 0.249 e. The van der Waals surface area contributed by atoms with Gasteiger partial charge in [-0.05, 0) is 49.8 Å². The van der Waals surface area contributed by atoms with Crippen LogP contribution in [0.5, 0.6) is 5.75 Å². The molecule has 1 saturated heterocycles. The maximum absolute atomic E-state index is 12.3. The second kappa shape index (κ2) is 10.6. The molecule has 1 aromatic carbocycles. The Morgan fingerprint density at radius 3 is 2.52 bits per heavy atom. The van der Waals surface area contributed by atoms with Gasteiger partial charge in [-0.2, -0.15) is 0 Å². The lowest BCUT2D eigenvalue weighted by Crippen LogP contribution is -2.36. The molecule has 142 valence electrons. The SMILES string of the molecule is CC(C)CCOc1ccc(C(C)NC(=O)[C@@H]2CC[C@H](CN)O2)cc1.Cl. The van der Waals surface area contributed by atoms with Crippen molar-refractivity contribution in [1.29, 1.82) is 0 Å². The number of carbonyl (C=O) groups is 1. The number of amides is 1. The second-order valence-corrected chi connectivity index (χ2v) is 6.89. The minimum Gasteiger partial charge on any atom is -0.494 e. The Morgan fingerprint density at radius 2 is 1.96 bits per heavy atom. The van der Waals surface area contributed by atoms with E-state index >= 15 is 0 Å². The van der Waals surface area contributed by atoms with E-state index in [0.717, 1.165) is 37.2 Å². The molecule has 0 bridgehead atoms. The van der Waals surface area contributed by atoms with Crippen molar-refractivity contribution in [2.45, 2.75) is 58.3 Å². The van der Waals surface area contributed by atoms with Crippen molar-refractivity contribution >= 4 is 18.3 Å². The molecule has 3 atom stereocenters. The maximum atomic E-state index is 12.3. The lowest BCUT2D eigenvalue weighted by Gasteiger charge is -2.18. The smallest absolute Gasteiger partial charge is 0.249 e.